The molecule has 4 heteroatoms. The van der Waals surface area contributed by atoms with Crippen LogP contribution in [0.1, 0.15) is 31.0 Å². The molecule has 0 aliphatic rings. The Bertz CT molecular complexity index is 741. The minimum Gasteiger partial charge on any atom is -0.361 e. The predicted molar refractivity (Wildman–Crippen MR) is 86.5 cm³/mol. The summed E-state index contributed by atoms with van der Waals surface area (Å²) in [5, 5.41) is 4.16. The highest BCUT2D eigenvalue weighted by atomic mass is 16.5. The first-order valence-electron chi connectivity index (χ1n) is 7.65. The summed E-state index contributed by atoms with van der Waals surface area (Å²) in [5.41, 5.74) is 4.24. The second kappa shape index (κ2) is 6.18. The van der Waals surface area contributed by atoms with Gasteiger partial charge in [-0.3, -0.25) is 0 Å². The monoisotopic (exact) mass is 295 g/mol. The summed E-state index contributed by atoms with van der Waals surface area (Å²) in [6.45, 7) is 7.13. The van der Waals surface area contributed by atoms with Gasteiger partial charge < -0.3 is 9.09 Å². The van der Waals surface area contributed by atoms with E-state index >= 15 is 0 Å². The van der Waals surface area contributed by atoms with Crippen LogP contribution in [0.2, 0.25) is 0 Å². The van der Waals surface area contributed by atoms with Crippen LogP contribution in [-0.2, 0) is 13.0 Å². The maximum absolute atomic E-state index is 5.40. The van der Waals surface area contributed by atoms with E-state index in [1.807, 2.05) is 30.6 Å². The van der Waals surface area contributed by atoms with Gasteiger partial charge in [0, 0.05) is 23.7 Å². The number of benzene rings is 1. The minimum atomic E-state index is 0.570. The number of hydrogen-bond donors (Lipinski definition) is 0. The van der Waals surface area contributed by atoms with Crippen molar-refractivity contribution in [2.24, 2.45) is 5.92 Å². The Kier molecular flexibility index (Phi) is 4.09. The van der Waals surface area contributed by atoms with Crippen LogP contribution in [0.3, 0.4) is 0 Å². The van der Waals surface area contributed by atoms with Crippen molar-refractivity contribution in [1.82, 2.24) is 14.7 Å². The summed E-state index contributed by atoms with van der Waals surface area (Å²) in [4.78, 5) is 4.54. The molecule has 0 saturated carbocycles. The molecule has 0 aliphatic heterocycles. The molecule has 114 valence electrons. The molecule has 2 aromatic heterocycles. The zero-order valence-electron chi connectivity index (χ0n) is 13.3. The van der Waals surface area contributed by atoms with Gasteiger partial charge >= 0.3 is 0 Å². The first-order valence-corrected chi connectivity index (χ1v) is 7.65. The smallest absolute Gasteiger partial charge is 0.137 e. The lowest BCUT2D eigenvalue weighted by Crippen LogP contribution is -2.00. The van der Waals surface area contributed by atoms with Gasteiger partial charge in [0.1, 0.15) is 11.5 Å². The molecule has 1 aromatic carbocycles. The molecule has 2 heterocycles. The maximum Gasteiger partial charge on any atom is 0.137 e. The van der Waals surface area contributed by atoms with Gasteiger partial charge in [0.2, 0.25) is 0 Å². The Morgan fingerprint density at radius 2 is 1.95 bits per heavy atom. The van der Waals surface area contributed by atoms with Crippen LogP contribution in [-0.4, -0.2) is 14.7 Å². The van der Waals surface area contributed by atoms with Gasteiger partial charge in [-0.25, -0.2) is 4.98 Å². The highest BCUT2D eigenvalue weighted by Crippen LogP contribution is 2.22. The van der Waals surface area contributed by atoms with Gasteiger partial charge in [-0.1, -0.05) is 49.3 Å². The third-order valence-electron chi connectivity index (χ3n) is 3.70. The van der Waals surface area contributed by atoms with Crippen molar-refractivity contribution in [3.8, 4) is 11.3 Å². The molecule has 0 aliphatic carbocycles. The van der Waals surface area contributed by atoms with Gasteiger partial charge in [0.25, 0.3) is 0 Å². The van der Waals surface area contributed by atoms with E-state index in [0.29, 0.717) is 12.5 Å². The van der Waals surface area contributed by atoms with E-state index in [2.05, 4.69) is 47.6 Å². The average Bonchev–Trinajstić information content (AvgIpc) is 3.08. The fourth-order valence-corrected chi connectivity index (χ4v) is 2.59. The van der Waals surface area contributed by atoms with E-state index < -0.39 is 0 Å². The zero-order chi connectivity index (χ0) is 15.5. The van der Waals surface area contributed by atoms with Crippen molar-refractivity contribution < 1.29 is 4.52 Å². The lowest BCUT2D eigenvalue weighted by atomic mass is 10.1. The lowest BCUT2D eigenvalue weighted by molar-refractivity contribution is 0.362. The molecule has 0 saturated heterocycles. The number of aromatic nitrogens is 3. The van der Waals surface area contributed by atoms with Gasteiger partial charge in [0.15, 0.2) is 0 Å². The zero-order valence-corrected chi connectivity index (χ0v) is 13.3. The average molecular weight is 295 g/mol. The van der Waals surface area contributed by atoms with Crippen LogP contribution in [0.15, 0.2) is 47.2 Å². The molecule has 0 N–H and O–H groups in total. The van der Waals surface area contributed by atoms with Gasteiger partial charge in [-0.05, 0) is 12.8 Å². The van der Waals surface area contributed by atoms with Gasteiger partial charge in [0.05, 0.1) is 18.6 Å². The fourth-order valence-electron chi connectivity index (χ4n) is 2.59. The molecule has 22 heavy (non-hydrogen) atoms. The molecule has 0 bridgehead atoms. The predicted octanol–water partition coefficient (Wildman–Crippen LogP) is 4.09. The van der Waals surface area contributed by atoms with E-state index in [0.717, 1.165) is 34.8 Å². The highest BCUT2D eigenvalue weighted by molar-refractivity contribution is 5.61. The molecular weight excluding hydrogens is 274 g/mol. The van der Waals surface area contributed by atoms with E-state index in [1.54, 1.807) is 0 Å². The van der Waals surface area contributed by atoms with Crippen molar-refractivity contribution in [3.63, 3.8) is 0 Å². The standard InChI is InChI=1S/C18H21N3O/c1-13(2)9-17-10-16(20-22-17)11-21-12-19-18(14(21)3)15-7-5-4-6-8-15/h4-8,10,12-13H,9,11H2,1-3H3. The summed E-state index contributed by atoms with van der Waals surface area (Å²) in [6.07, 6.45) is 2.79. The summed E-state index contributed by atoms with van der Waals surface area (Å²) < 4.78 is 7.51. The van der Waals surface area contributed by atoms with E-state index in [4.69, 9.17) is 4.52 Å². The van der Waals surface area contributed by atoms with Crippen LogP contribution in [0.5, 0.6) is 0 Å². The third kappa shape index (κ3) is 3.11. The molecule has 4 nitrogen and oxygen atoms in total. The molecule has 3 rings (SSSR count). The largest absolute Gasteiger partial charge is 0.361 e. The number of imidazole rings is 1. The number of rotatable bonds is 5. The first kappa shape index (κ1) is 14.6. The van der Waals surface area contributed by atoms with E-state index in [-0.39, 0.29) is 0 Å². The van der Waals surface area contributed by atoms with Gasteiger partial charge in [-0.15, -0.1) is 0 Å². The quantitative estimate of drug-likeness (QED) is 0.712. The normalized spacial score (nSPS) is 11.3. The lowest BCUT2D eigenvalue weighted by Gasteiger charge is -2.03. The Labute approximate surface area is 130 Å². The van der Waals surface area contributed by atoms with E-state index in [9.17, 15) is 0 Å². The third-order valence-corrected chi connectivity index (χ3v) is 3.70. The van der Waals surface area contributed by atoms with Crippen LogP contribution < -0.4 is 0 Å². The summed E-state index contributed by atoms with van der Waals surface area (Å²) in [6, 6.07) is 12.3. The number of nitrogens with zero attached hydrogens (tertiary/aromatic N) is 3. The maximum atomic E-state index is 5.40. The van der Waals surface area contributed by atoms with Crippen LogP contribution in [0.4, 0.5) is 0 Å². The van der Waals surface area contributed by atoms with Crippen LogP contribution in [0.25, 0.3) is 11.3 Å². The molecule has 0 fully saturated rings. The number of hydrogen-bond acceptors (Lipinski definition) is 3. The SMILES string of the molecule is Cc1c(-c2ccccc2)ncn1Cc1cc(CC(C)C)on1. The van der Waals surface area contributed by atoms with E-state index in [1.165, 1.54) is 0 Å². The molecule has 0 amide bonds. The summed E-state index contributed by atoms with van der Waals surface area (Å²) in [7, 11) is 0. The van der Waals surface area contributed by atoms with Crippen molar-refractivity contribution in [2.75, 3.05) is 0 Å². The first-order chi connectivity index (χ1) is 10.6. The second-order valence-electron chi connectivity index (χ2n) is 6.06. The second-order valence-corrected chi connectivity index (χ2v) is 6.06. The molecule has 0 atom stereocenters. The summed E-state index contributed by atoms with van der Waals surface area (Å²) in [5.74, 6) is 1.52. The molecular formula is C18H21N3O. The van der Waals surface area contributed by atoms with Crippen molar-refractivity contribution in [3.05, 3.63) is 59.9 Å². The highest BCUT2D eigenvalue weighted by Gasteiger charge is 2.11. The molecule has 0 unspecified atom stereocenters. The minimum absolute atomic E-state index is 0.570. The Morgan fingerprint density at radius 1 is 1.18 bits per heavy atom. The Balaban J connectivity index is 1.79. The Morgan fingerprint density at radius 3 is 2.68 bits per heavy atom. The topological polar surface area (TPSA) is 43.9 Å². The van der Waals surface area contributed by atoms with Crippen molar-refractivity contribution in [1.29, 1.82) is 0 Å². The van der Waals surface area contributed by atoms with Crippen LogP contribution in [0, 0.1) is 12.8 Å². The van der Waals surface area contributed by atoms with Crippen molar-refractivity contribution >= 4 is 0 Å². The Hall–Kier alpha value is -2.36. The molecule has 0 radical (unpaired) electrons. The van der Waals surface area contributed by atoms with Gasteiger partial charge in [-0.2, -0.15) is 0 Å². The molecule has 0 spiro atoms. The summed E-state index contributed by atoms with van der Waals surface area (Å²) >= 11 is 0. The van der Waals surface area contributed by atoms with Crippen molar-refractivity contribution in [2.45, 2.75) is 33.7 Å². The van der Waals surface area contributed by atoms with Crippen LogP contribution >= 0.6 is 0 Å². The molecule has 3 aromatic rings. The fraction of sp³-hybridized carbons (Fsp3) is 0.333.